The Morgan fingerprint density at radius 2 is 2.15 bits per heavy atom. The number of aromatic amines is 1. The molecule has 2 aromatic rings. The van der Waals surface area contributed by atoms with Gasteiger partial charge in [0, 0.05) is 30.6 Å². The monoisotopic (exact) mass is 276 g/mol. The second kappa shape index (κ2) is 6.54. The molecule has 0 bridgehead atoms. The molecule has 0 amide bonds. The summed E-state index contributed by atoms with van der Waals surface area (Å²) in [5.41, 5.74) is 7.97. The highest BCUT2D eigenvalue weighted by molar-refractivity contribution is 5.84. The Balaban J connectivity index is 2.00. The molecule has 1 heterocycles. The molecule has 1 unspecified atom stereocenters. The van der Waals surface area contributed by atoms with Crippen LogP contribution in [0.5, 0.6) is 0 Å². The average molecular weight is 276 g/mol. The normalized spacial score (nSPS) is 14.2. The number of H-pyrrole nitrogens is 1. The van der Waals surface area contributed by atoms with Gasteiger partial charge in [-0.15, -0.1) is 0 Å². The highest BCUT2D eigenvalue weighted by Gasteiger charge is 2.19. The summed E-state index contributed by atoms with van der Waals surface area (Å²) < 4.78 is 10.1. The number of rotatable bonds is 6. The second-order valence-corrected chi connectivity index (χ2v) is 4.87. The summed E-state index contributed by atoms with van der Waals surface area (Å²) in [6.45, 7) is 2.14. The first kappa shape index (κ1) is 14.6. The topological polar surface area (TPSA) is 77.3 Å². The minimum absolute atomic E-state index is 0.290. The number of nitrogens with one attached hydrogen (secondary N) is 1. The summed E-state index contributed by atoms with van der Waals surface area (Å²) in [5, 5.41) is 1.08. The Kier molecular flexibility index (Phi) is 4.76. The van der Waals surface area contributed by atoms with E-state index in [1.54, 1.807) is 14.0 Å². The average Bonchev–Trinajstić information content (AvgIpc) is 2.82. The molecule has 0 saturated carbocycles. The number of nitrogens with two attached hydrogens (primary N) is 1. The van der Waals surface area contributed by atoms with E-state index in [4.69, 9.17) is 15.2 Å². The van der Waals surface area contributed by atoms with Crippen LogP contribution in [0.25, 0.3) is 10.9 Å². The number of carbonyl (C=O) groups is 1. The molecule has 2 atom stereocenters. The summed E-state index contributed by atoms with van der Waals surface area (Å²) in [6.07, 6.45) is 2.04. The van der Waals surface area contributed by atoms with Crippen LogP contribution in [0, 0.1) is 0 Å². The van der Waals surface area contributed by atoms with Gasteiger partial charge in [-0.3, -0.25) is 4.79 Å². The van der Waals surface area contributed by atoms with Crippen LogP contribution in [0.4, 0.5) is 0 Å². The van der Waals surface area contributed by atoms with Crippen molar-refractivity contribution in [2.24, 2.45) is 5.73 Å². The van der Waals surface area contributed by atoms with Crippen molar-refractivity contribution in [2.45, 2.75) is 25.5 Å². The van der Waals surface area contributed by atoms with E-state index in [0.717, 1.165) is 16.5 Å². The number of benzene rings is 1. The van der Waals surface area contributed by atoms with Gasteiger partial charge in [-0.1, -0.05) is 18.2 Å². The molecule has 1 aromatic heterocycles. The van der Waals surface area contributed by atoms with Crippen molar-refractivity contribution in [1.29, 1.82) is 0 Å². The lowest BCUT2D eigenvalue weighted by atomic mass is 10.1. The summed E-state index contributed by atoms with van der Waals surface area (Å²) in [6, 6.07) is 7.25. The van der Waals surface area contributed by atoms with E-state index >= 15 is 0 Å². The number of aromatic nitrogens is 1. The van der Waals surface area contributed by atoms with E-state index in [9.17, 15) is 4.79 Å². The van der Waals surface area contributed by atoms with Crippen LogP contribution in [0.15, 0.2) is 30.5 Å². The number of fused-ring (bicyclic) bond motifs is 1. The molecule has 5 heteroatoms. The van der Waals surface area contributed by atoms with Crippen LogP contribution in [0.2, 0.25) is 0 Å². The molecule has 2 rings (SSSR count). The summed E-state index contributed by atoms with van der Waals surface area (Å²) in [7, 11) is 1.57. The van der Waals surface area contributed by atoms with Crippen LogP contribution in [-0.4, -0.2) is 36.8 Å². The number of esters is 1. The number of methoxy groups -OCH3 is 1. The maximum atomic E-state index is 11.9. The van der Waals surface area contributed by atoms with E-state index in [0.29, 0.717) is 13.0 Å². The maximum absolute atomic E-state index is 11.9. The Labute approximate surface area is 118 Å². The number of hydrogen-bond donors (Lipinski definition) is 2. The minimum atomic E-state index is -0.673. The predicted molar refractivity (Wildman–Crippen MR) is 77.4 cm³/mol. The van der Waals surface area contributed by atoms with Crippen molar-refractivity contribution < 1.29 is 14.3 Å². The van der Waals surface area contributed by atoms with Crippen LogP contribution in [0.1, 0.15) is 12.5 Å². The molecule has 0 fully saturated rings. The van der Waals surface area contributed by atoms with Gasteiger partial charge in [-0.05, 0) is 18.6 Å². The highest BCUT2D eigenvalue weighted by Crippen LogP contribution is 2.19. The van der Waals surface area contributed by atoms with Crippen LogP contribution in [0.3, 0.4) is 0 Å². The molecule has 0 saturated heterocycles. The largest absolute Gasteiger partial charge is 0.459 e. The number of ether oxygens (including phenoxy) is 2. The lowest BCUT2D eigenvalue weighted by molar-refractivity contribution is -0.152. The van der Waals surface area contributed by atoms with Gasteiger partial charge < -0.3 is 20.2 Å². The Hall–Kier alpha value is -1.85. The van der Waals surface area contributed by atoms with Crippen molar-refractivity contribution in [3.63, 3.8) is 0 Å². The van der Waals surface area contributed by atoms with Gasteiger partial charge in [-0.2, -0.15) is 0 Å². The summed E-state index contributed by atoms with van der Waals surface area (Å²) >= 11 is 0. The van der Waals surface area contributed by atoms with Gasteiger partial charge in [0.15, 0.2) is 0 Å². The van der Waals surface area contributed by atoms with Crippen LogP contribution >= 0.6 is 0 Å². The van der Waals surface area contributed by atoms with Gasteiger partial charge in [0.1, 0.15) is 12.1 Å². The molecule has 0 aliphatic heterocycles. The molecule has 0 aliphatic carbocycles. The molecular weight excluding hydrogens is 256 g/mol. The molecule has 20 heavy (non-hydrogen) atoms. The number of carbonyl (C=O) groups excluding carboxylic acids is 1. The number of hydrogen-bond acceptors (Lipinski definition) is 4. The molecule has 5 nitrogen and oxygen atoms in total. The molecule has 0 radical (unpaired) electrons. The molecule has 108 valence electrons. The fourth-order valence-corrected chi connectivity index (χ4v) is 2.18. The Bertz CT molecular complexity index is 579. The van der Waals surface area contributed by atoms with Crippen molar-refractivity contribution in [1.82, 2.24) is 4.98 Å². The van der Waals surface area contributed by atoms with E-state index in [-0.39, 0.29) is 6.10 Å². The molecule has 0 spiro atoms. The van der Waals surface area contributed by atoms with E-state index in [1.807, 2.05) is 30.5 Å². The zero-order valence-electron chi connectivity index (χ0n) is 11.8. The third-order valence-corrected chi connectivity index (χ3v) is 3.14. The molecular formula is C15H20N2O3. The van der Waals surface area contributed by atoms with Gasteiger partial charge >= 0.3 is 5.97 Å². The van der Waals surface area contributed by atoms with Gasteiger partial charge in [0.2, 0.25) is 0 Å². The maximum Gasteiger partial charge on any atom is 0.323 e. The van der Waals surface area contributed by atoms with Crippen LogP contribution < -0.4 is 5.73 Å². The smallest absolute Gasteiger partial charge is 0.323 e. The highest BCUT2D eigenvalue weighted by atomic mass is 16.6. The molecule has 3 N–H and O–H groups in total. The Morgan fingerprint density at radius 1 is 1.40 bits per heavy atom. The van der Waals surface area contributed by atoms with E-state index < -0.39 is 12.0 Å². The minimum Gasteiger partial charge on any atom is -0.459 e. The molecule has 0 aliphatic rings. The Morgan fingerprint density at radius 3 is 2.90 bits per heavy atom. The summed E-state index contributed by atoms with van der Waals surface area (Å²) in [5.74, 6) is -0.403. The second-order valence-electron chi connectivity index (χ2n) is 4.87. The first-order chi connectivity index (χ1) is 9.61. The fourth-order valence-electron chi connectivity index (χ4n) is 2.18. The van der Waals surface area contributed by atoms with Crippen LogP contribution in [-0.2, 0) is 20.7 Å². The van der Waals surface area contributed by atoms with Crippen molar-refractivity contribution >= 4 is 16.9 Å². The van der Waals surface area contributed by atoms with Crippen molar-refractivity contribution in [3.05, 3.63) is 36.0 Å². The number of para-hydroxylation sites is 1. The lowest BCUT2D eigenvalue weighted by Gasteiger charge is -2.16. The van der Waals surface area contributed by atoms with E-state index in [1.165, 1.54) is 0 Å². The summed E-state index contributed by atoms with van der Waals surface area (Å²) in [4.78, 5) is 15.0. The van der Waals surface area contributed by atoms with Gasteiger partial charge in [0.05, 0.1) is 6.61 Å². The van der Waals surface area contributed by atoms with E-state index in [2.05, 4.69) is 4.98 Å². The quantitative estimate of drug-likeness (QED) is 0.786. The predicted octanol–water partition coefficient (Wildman–Crippen LogP) is 1.62. The zero-order chi connectivity index (χ0) is 14.5. The lowest BCUT2D eigenvalue weighted by Crippen LogP contribution is -2.37. The third-order valence-electron chi connectivity index (χ3n) is 3.14. The zero-order valence-corrected chi connectivity index (χ0v) is 11.8. The third kappa shape index (κ3) is 3.37. The van der Waals surface area contributed by atoms with Crippen molar-refractivity contribution in [3.8, 4) is 0 Å². The van der Waals surface area contributed by atoms with Gasteiger partial charge in [0.25, 0.3) is 0 Å². The van der Waals surface area contributed by atoms with Gasteiger partial charge in [-0.25, -0.2) is 0 Å². The first-order valence-electron chi connectivity index (χ1n) is 6.61. The fraction of sp³-hybridized carbons (Fsp3) is 0.400. The van der Waals surface area contributed by atoms with Crippen molar-refractivity contribution in [2.75, 3.05) is 13.7 Å². The standard InChI is InChI=1S/C15H20N2O3/c1-10(9-19-2)20-15(18)13(16)7-11-8-17-14-6-4-3-5-12(11)14/h3-6,8,10,13,17H,7,9,16H2,1-2H3/t10?,13-/m1/s1. The first-order valence-corrected chi connectivity index (χ1v) is 6.61. The SMILES string of the molecule is COCC(C)OC(=O)[C@H](N)Cc1c[nH]c2ccccc12. The molecule has 1 aromatic carbocycles.